The van der Waals surface area contributed by atoms with Crippen molar-refractivity contribution in [1.82, 2.24) is 9.78 Å². The van der Waals surface area contributed by atoms with Crippen molar-refractivity contribution in [1.29, 1.82) is 0 Å². The van der Waals surface area contributed by atoms with E-state index >= 15 is 0 Å². The first-order valence-electron chi connectivity index (χ1n) is 6.52. The first-order chi connectivity index (χ1) is 9.28. The van der Waals surface area contributed by atoms with Gasteiger partial charge in [0.2, 0.25) is 0 Å². The Bertz CT molecular complexity index is 612. The number of benzene rings is 1. The number of nitrogen functional groups attached to an aromatic ring is 1. The van der Waals surface area contributed by atoms with Gasteiger partial charge in [-0.25, -0.2) is 4.68 Å². The van der Waals surface area contributed by atoms with Gasteiger partial charge in [-0.05, 0) is 23.5 Å². The van der Waals surface area contributed by atoms with Crippen LogP contribution in [-0.4, -0.2) is 9.78 Å². The molecule has 2 aromatic rings. The minimum absolute atomic E-state index is 0.111. The highest BCUT2D eigenvalue weighted by molar-refractivity contribution is 6.33. The third kappa shape index (κ3) is 3.47. The number of hydrogen-bond acceptors (Lipinski definition) is 2. The summed E-state index contributed by atoms with van der Waals surface area (Å²) in [5, 5.41) is 5.78. The number of halogens is 2. The zero-order valence-corrected chi connectivity index (χ0v) is 13.5. The van der Waals surface area contributed by atoms with Gasteiger partial charge in [-0.15, -0.1) is 0 Å². The average molecular weight is 312 g/mol. The quantitative estimate of drug-likeness (QED) is 0.912. The highest BCUT2D eigenvalue weighted by Crippen LogP contribution is 2.30. The number of rotatable bonds is 3. The van der Waals surface area contributed by atoms with Crippen molar-refractivity contribution in [3.05, 3.63) is 45.6 Å². The molecular weight excluding hydrogens is 293 g/mol. The van der Waals surface area contributed by atoms with E-state index in [0.29, 0.717) is 22.4 Å². The molecule has 0 radical (unpaired) electrons. The Kier molecular flexibility index (Phi) is 4.31. The highest BCUT2D eigenvalue weighted by atomic mass is 35.5. The zero-order chi connectivity index (χ0) is 14.9. The molecular formula is C15H19Cl2N3. The van der Waals surface area contributed by atoms with Crippen LogP contribution in [0.3, 0.4) is 0 Å². The SMILES string of the molecule is CC(C)(C)Cc1nn(Cc2ccccc2Cl)c(N)c1Cl. The number of nitrogens with zero attached hydrogens (tertiary/aromatic N) is 2. The summed E-state index contributed by atoms with van der Waals surface area (Å²) in [6, 6.07) is 7.66. The van der Waals surface area contributed by atoms with Crippen LogP contribution >= 0.6 is 23.2 Å². The molecule has 2 N–H and O–H groups in total. The molecule has 5 heteroatoms. The molecule has 0 aliphatic rings. The number of anilines is 1. The van der Waals surface area contributed by atoms with Crippen LogP contribution in [0.4, 0.5) is 5.82 Å². The van der Waals surface area contributed by atoms with Crippen LogP contribution in [0.1, 0.15) is 32.0 Å². The predicted octanol–water partition coefficient (Wildman–Crippen LogP) is 4.41. The summed E-state index contributed by atoms with van der Waals surface area (Å²) >= 11 is 12.4. The lowest BCUT2D eigenvalue weighted by atomic mass is 9.91. The van der Waals surface area contributed by atoms with Crippen LogP contribution in [0.2, 0.25) is 10.0 Å². The van der Waals surface area contributed by atoms with E-state index in [1.165, 1.54) is 0 Å². The molecule has 0 bridgehead atoms. The Morgan fingerprint density at radius 1 is 1.20 bits per heavy atom. The molecule has 3 nitrogen and oxygen atoms in total. The molecule has 0 unspecified atom stereocenters. The van der Waals surface area contributed by atoms with Crippen LogP contribution in [0.25, 0.3) is 0 Å². The maximum Gasteiger partial charge on any atom is 0.141 e. The second kappa shape index (κ2) is 5.66. The summed E-state index contributed by atoms with van der Waals surface area (Å²) in [4.78, 5) is 0. The van der Waals surface area contributed by atoms with Crippen molar-refractivity contribution in [3.63, 3.8) is 0 Å². The fourth-order valence-electron chi connectivity index (χ4n) is 2.03. The lowest BCUT2D eigenvalue weighted by molar-refractivity contribution is 0.404. The van der Waals surface area contributed by atoms with Crippen LogP contribution in [-0.2, 0) is 13.0 Å². The lowest BCUT2D eigenvalue weighted by Gasteiger charge is -2.16. The van der Waals surface area contributed by atoms with Crippen molar-refractivity contribution in [2.45, 2.75) is 33.7 Å². The van der Waals surface area contributed by atoms with Gasteiger partial charge in [0.1, 0.15) is 10.8 Å². The van der Waals surface area contributed by atoms with Crippen LogP contribution in [0.5, 0.6) is 0 Å². The molecule has 0 saturated heterocycles. The zero-order valence-electron chi connectivity index (χ0n) is 12.0. The van der Waals surface area contributed by atoms with Crippen molar-refractivity contribution >= 4 is 29.0 Å². The molecule has 108 valence electrons. The molecule has 0 spiro atoms. The molecule has 0 aliphatic heterocycles. The first-order valence-corrected chi connectivity index (χ1v) is 7.27. The van der Waals surface area contributed by atoms with E-state index < -0.39 is 0 Å². The van der Waals surface area contributed by atoms with Gasteiger partial charge in [-0.3, -0.25) is 0 Å². The van der Waals surface area contributed by atoms with E-state index in [0.717, 1.165) is 17.7 Å². The molecule has 1 aromatic heterocycles. The van der Waals surface area contributed by atoms with Crippen molar-refractivity contribution < 1.29 is 0 Å². The van der Waals surface area contributed by atoms with Gasteiger partial charge in [0, 0.05) is 5.02 Å². The van der Waals surface area contributed by atoms with E-state index in [9.17, 15) is 0 Å². The second-order valence-corrected chi connectivity index (χ2v) is 6.92. The lowest BCUT2D eigenvalue weighted by Crippen LogP contribution is -2.11. The van der Waals surface area contributed by atoms with Gasteiger partial charge >= 0.3 is 0 Å². The van der Waals surface area contributed by atoms with Gasteiger partial charge in [0.25, 0.3) is 0 Å². The van der Waals surface area contributed by atoms with E-state index in [4.69, 9.17) is 28.9 Å². The third-order valence-electron chi connectivity index (χ3n) is 2.97. The largest absolute Gasteiger partial charge is 0.383 e. The number of hydrogen-bond donors (Lipinski definition) is 1. The van der Waals surface area contributed by atoms with Gasteiger partial charge in [-0.1, -0.05) is 62.2 Å². The van der Waals surface area contributed by atoms with Crippen LogP contribution in [0.15, 0.2) is 24.3 Å². The molecule has 20 heavy (non-hydrogen) atoms. The van der Waals surface area contributed by atoms with Crippen molar-refractivity contribution in [2.24, 2.45) is 5.41 Å². The molecule has 0 amide bonds. The maximum absolute atomic E-state index is 6.28. The first kappa shape index (κ1) is 15.2. The standard InChI is InChI=1S/C15H19Cl2N3/c1-15(2,3)8-12-13(17)14(18)20(19-12)9-10-6-4-5-7-11(10)16/h4-7H,8-9,18H2,1-3H3. The topological polar surface area (TPSA) is 43.8 Å². The van der Waals surface area contributed by atoms with Crippen LogP contribution < -0.4 is 5.73 Å². The fourth-order valence-corrected chi connectivity index (χ4v) is 2.43. The van der Waals surface area contributed by atoms with Gasteiger partial charge < -0.3 is 5.73 Å². The normalized spacial score (nSPS) is 11.8. The van der Waals surface area contributed by atoms with E-state index in [1.54, 1.807) is 4.68 Å². The predicted molar refractivity (Wildman–Crippen MR) is 85.4 cm³/mol. The Labute approximate surface area is 129 Å². The fraction of sp³-hybridized carbons (Fsp3) is 0.400. The second-order valence-electron chi connectivity index (χ2n) is 6.13. The minimum Gasteiger partial charge on any atom is -0.383 e. The Morgan fingerprint density at radius 2 is 1.85 bits per heavy atom. The van der Waals surface area contributed by atoms with Gasteiger partial charge in [0.05, 0.1) is 12.2 Å². The van der Waals surface area contributed by atoms with Gasteiger partial charge in [-0.2, -0.15) is 5.10 Å². The molecule has 0 aliphatic carbocycles. The summed E-state index contributed by atoms with van der Waals surface area (Å²) in [5.74, 6) is 0.492. The molecule has 1 heterocycles. The summed E-state index contributed by atoms with van der Waals surface area (Å²) in [7, 11) is 0. The van der Waals surface area contributed by atoms with Gasteiger partial charge in [0.15, 0.2) is 0 Å². The molecule has 1 aromatic carbocycles. The molecule has 2 rings (SSSR count). The van der Waals surface area contributed by atoms with E-state index in [1.807, 2.05) is 24.3 Å². The van der Waals surface area contributed by atoms with E-state index in [-0.39, 0.29) is 5.41 Å². The van der Waals surface area contributed by atoms with Crippen molar-refractivity contribution in [2.75, 3.05) is 5.73 Å². The van der Waals surface area contributed by atoms with Crippen molar-refractivity contribution in [3.8, 4) is 0 Å². The molecule has 0 fully saturated rings. The summed E-state index contributed by atoms with van der Waals surface area (Å²) < 4.78 is 1.71. The highest BCUT2D eigenvalue weighted by Gasteiger charge is 2.20. The third-order valence-corrected chi connectivity index (χ3v) is 3.75. The number of aromatic nitrogens is 2. The Balaban J connectivity index is 2.30. The Morgan fingerprint density at radius 3 is 2.45 bits per heavy atom. The monoisotopic (exact) mass is 311 g/mol. The average Bonchev–Trinajstić information content (AvgIpc) is 2.59. The van der Waals surface area contributed by atoms with Crippen LogP contribution in [0, 0.1) is 5.41 Å². The maximum atomic E-state index is 6.28. The molecule has 0 atom stereocenters. The van der Waals surface area contributed by atoms with E-state index in [2.05, 4.69) is 25.9 Å². The summed E-state index contributed by atoms with van der Waals surface area (Å²) in [5.41, 5.74) is 7.97. The molecule has 0 saturated carbocycles. The minimum atomic E-state index is 0.111. The Hall–Kier alpha value is -1.19. The summed E-state index contributed by atoms with van der Waals surface area (Å²) in [6.07, 6.45) is 0.783. The summed E-state index contributed by atoms with van der Waals surface area (Å²) in [6.45, 7) is 6.96. The smallest absolute Gasteiger partial charge is 0.141 e. The number of nitrogens with two attached hydrogens (primary N) is 1.